The van der Waals surface area contributed by atoms with Gasteiger partial charge in [0, 0.05) is 42.4 Å². The molecule has 1 aliphatic rings. The van der Waals surface area contributed by atoms with Crippen molar-refractivity contribution in [2.24, 2.45) is 0 Å². The van der Waals surface area contributed by atoms with Gasteiger partial charge >= 0.3 is 0 Å². The normalized spacial score (nSPS) is 22.3. The number of nitrogen functional groups attached to an aromatic ring is 1. The number of benzene rings is 1. The summed E-state index contributed by atoms with van der Waals surface area (Å²) in [6, 6.07) is 6.73. The van der Waals surface area contributed by atoms with Gasteiger partial charge in [0.05, 0.1) is 0 Å². The average Bonchev–Trinajstić information content (AvgIpc) is 2.36. The van der Waals surface area contributed by atoms with E-state index in [1.165, 1.54) is 12.0 Å². The number of anilines is 1. The fraction of sp³-hybridized carbons (Fsp3) is 0.571. The van der Waals surface area contributed by atoms with Crippen molar-refractivity contribution < 1.29 is 0 Å². The van der Waals surface area contributed by atoms with Crippen molar-refractivity contribution >= 4 is 21.6 Å². The molecule has 2 rings (SSSR count). The van der Waals surface area contributed by atoms with E-state index in [2.05, 4.69) is 45.8 Å². The van der Waals surface area contributed by atoms with Gasteiger partial charge in [0.1, 0.15) is 0 Å². The molecule has 100 valence electrons. The van der Waals surface area contributed by atoms with Crippen LogP contribution in [-0.2, 0) is 6.54 Å². The third kappa shape index (κ3) is 3.25. The van der Waals surface area contributed by atoms with Gasteiger partial charge in [0.15, 0.2) is 0 Å². The number of hydrogen-bond acceptors (Lipinski definition) is 3. The first-order valence-corrected chi connectivity index (χ1v) is 7.36. The Balaban J connectivity index is 2.03. The first kappa shape index (κ1) is 13.8. The van der Waals surface area contributed by atoms with Crippen LogP contribution >= 0.6 is 15.9 Å². The summed E-state index contributed by atoms with van der Waals surface area (Å²) in [7, 11) is 2.22. The first-order chi connectivity index (χ1) is 8.60. The summed E-state index contributed by atoms with van der Waals surface area (Å²) < 4.78 is 1.16. The number of piperazine rings is 1. The van der Waals surface area contributed by atoms with Crippen LogP contribution in [0.5, 0.6) is 0 Å². The van der Waals surface area contributed by atoms with Gasteiger partial charge in [-0.2, -0.15) is 0 Å². The molecule has 2 N–H and O–H groups in total. The Kier molecular flexibility index (Phi) is 4.65. The van der Waals surface area contributed by atoms with Crippen LogP contribution in [0, 0.1) is 0 Å². The Morgan fingerprint density at radius 2 is 2.17 bits per heavy atom. The van der Waals surface area contributed by atoms with Crippen LogP contribution in [0.15, 0.2) is 22.7 Å². The molecule has 0 amide bonds. The molecule has 1 saturated heterocycles. The van der Waals surface area contributed by atoms with Gasteiger partial charge in [-0.3, -0.25) is 4.90 Å². The molecule has 1 heterocycles. The van der Waals surface area contributed by atoms with Gasteiger partial charge in [-0.05, 0) is 37.2 Å². The lowest BCUT2D eigenvalue weighted by Crippen LogP contribution is -2.50. The Bertz CT molecular complexity index is 408. The van der Waals surface area contributed by atoms with Crippen molar-refractivity contribution in [1.82, 2.24) is 9.80 Å². The fourth-order valence-corrected chi connectivity index (χ4v) is 2.92. The summed E-state index contributed by atoms with van der Waals surface area (Å²) in [4.78, 5) is 4.98. The van der Waals surface area contributed by atoms with E-state index < -0.39 is 0 Å². The lowest BCUT2D eigenvalue weighted by Gasteiger charge is -2.39. The minimum atomic E-state index is 0.679. The minimum Gasteiger partial charge on any atom is -0.399 e. The molecule has 0 bridgehead atoms. The smallest absolute Gasteiger partial charge is 0.0318 e. The molecule has 0 radical (unpaired) electrons. The molecular weight excluding hydrogens is 290 g/mol. The van der Waals surface area contributed by atoms with Gasteiger partial charge in [-0.1, -0.05) is 22.9 Å². The predicted molar refractivity (Wildman–Crippen MR) is 80.5 cm³/mol. The highest BCUT2D eigenvalue weighted by Crippen LogP contribution is 2.22. The maximum atomic E-state index is 5.86. The van der Waals surface area contributed by atoms with Crippen molar-refractivity contribution in [3.63, 3.8) is 0 Å². The molecule has 4 heteroatoms. The van der Waals surface area contributed by atoms with Crippen LogP contribution in [0.1, 0.15) is 18.9 Å². The molecule has 1 fully saturated rings. The van der Waals surface area contributed by atoms with E-state index in [1.54, 1.807) is 0 Å². The van der Waals surface area contributed by atoms with Crippen molar-refractivity contribution in [3.8, 4) is 0 Å². The number of hydrogen-bond donors (Lipinski definition) is 1. The molecule has 1 aromatic rings. The van der Waals surface area contributed by atoms with Crippen LogP contribution in [0.4, 0.5) is 5.69 Å². The minimum absolute atomic E-state index is 0.679. The Morgan fingerprint density at radius 1 is 1.39 bits per heavy atom. The quantitative estimate of drug-likeness (QED) is 0.871. The summed E-state index contributed by atoms with van der Waals surface area (Å²) >= 11 is 3.61. The van der Waals surface area contributed by atoms with Gasteiger partial charge in [-0.25, -0.2) is 0 Å². The first-order valence-electron chi connectivity index (χ1n) is 6.56. The second kappa shape index (κ2) is 6.04. The topological polar surface area (TPSA) is 32.5 Å². The summed E-state index contributed by atoms with van der Waals surface area (Å²) in [6.07, 6.45) is 1.21. The van der Waals surface area contributed by atoms with Gasteiger partial charge in [0.2, 0.25) is 0 Å². The molecule has 0 saturated carbocycles. The zero-order valence-corrected chi connectivity index (χ0v) is 12.8. The van der Waals surface area contributed by atoms with Crippen molar-refractivity contribution in [2.75, 3.05) is 32.4 Å². The lowest BCUT2D eigenvalue weighted by atomic mass is 10.1. The van der Waals surface area contributed by atoms with Crippen molar-refractivity contribution in [2.45, 2.75) is 25.9 Å². The van der Waals surface area contributed by atoms with E-state index in [1.807, 2.05) is 12.1 Å². The highest BCUT2D eigenvalue weighted by molar-refractivity contribution is 9.10. The third-order valence-electron chi connectivity index (χ3n) is 3.80. The second-order valence-corrected chi connectivity index (χ2v) is 5.98. The average molecular weight is 312 g/mol. The fourth-order valence-electron chi connectivity index (χ4n) is 2.55. The van der Waals surface area contributed by atoms with E-state index in [-0.39, 0.29) is 0 Å². The Labute approximate surface area is 118 Å². The van der Waals surface area contributed by atoms with Crippen LogP contribution in [0.2, 0.25) is 0 Å². The number of nitrogens with two attached hydrogens (primary N) is 1. The zero-order chi connectivity index (χ0) is 13.1. The van der Waals surface area contributed by atoms with E-state index >= 15 is 0 Å². The van der Waals surface area contributed by atoms with Crippen molar-refractivity contribution in [3.05, 3.63) is 28.2 Å². The SMILES string of the molecule is CCC1CN(Cc2cc(N)ccc2Br)CCN1C. The number of halogens is 1. The van der Waals surface area contributed by atoms with Crippen molar-refractivity contribution in [1.29, 1.82) is 0 Å². The van der Waals surface area contributed by atoms with Crippen LogP contribution in [0.3, 0.4) is 0 Å². The maximum absolute atomic E-state index is 5.86. The highest BCUT2D eigenvalue weighted by atomic mass is 79.9. The molecule has 0 aliphatic carbocycles. The van der Waals surface area contributed by atoms with Crippen LogP contribution in [0.25, 0.3) is 0 Å². The monoisotopic (exact) mass is 311 g/mol. The summed E-state index contributed by atoms with van der Waals surface area (Å²) in [6.45, 7) is 6.68. The molecule has 18 heavy (non-hydrogen) atoms. The van der Waals surface area contributed by atoms with Crippen LogP contribution in [-0.4, -0.2) is 42.5 Å². The molecule has 0 aromatic heterocycles. The van der Waals surface area contributed by atoms with E-state index in [0.29, 0.717) is 6.04 Å². The summed E-state index contributed by atoms with van der Waals surface area (Å²) in [5, 5.41) is 0. The van der Waals surface area contributed by atoms with E-state index in [0.717, 1.165) is 36.3 Å². The summed E-state index contributed by atoms with van der Waals surface area (Å²) in [5.41, 5.74) is 7.99. The molecule has 0 spiro atoms. The highest BCUT2D eigenvalue weighted by Gasteiger charge is 2.23. The van der Waals surface area contributed by atoms with E-state index in [4.69, 9.17) is 5.73 Å². The van der Waals surface area contributed by atoms with Gasteiger partial charge < -0.3 is 10.6 Å². The molecule has 3 nitrogen and oxygen atoms in total. The standard InChI is InChI=1S/C14H22BrN3/c1-3-13-10-18(7-6-17(13)2)9-11-8-12(16)4-5-14(11)15/h4-5,8,13H,3,6-7,9-10,16H2,1-2H3. The van der Waals surface area contributed by atoms with Gasteiger partial charge in [-0.15, -0.1) is 0 Å². The molecule has 1 aliphatic heterocycles. The summed E-state index contributed by atoms with van der Waals surface area (Å²) in [5.74, 6) is 0. The molecule has 1 unspecified atom stereocenters. The number of rotatable bonds is 3. The van der Waals surface area contributed by atoms with E-state index in [9.17, 15) is 0 Å². The molecule has 1 aromatic carbocycles. The second-order valence-electron chi connectivity index (χ2n) is 5.13. The molecule has 1 atom stereocenters. The van der Waals surface area contributed by atoms with Gasteiger partial charge in [0.25, 0.3) is 0 Å². The number of likely N-dealkylation sites (N-methyl/N-ethyl adjacent to an activating group) is 1. The molecular formula is C14H22BrN3. The largest absolute Gasteiger partial charge is 0.399 e. The zero-order valence-electron chi connectivity index (χ0n) is 11.2. The van der Waals surface area contributed by atoms with Crippen LogP contribution < -0.4 is 5.73 Å². The maximum Gasteiger partial charge on any atom is 0.0318 e. The Hall–Kier alpha value is -0.580. The number of nitrogens with zero attached hydrogens (tertiary/aromatic N) is 2. The third-order valence-corrected chi connectivity index (χ3v) is 4.57. The lowest BCUT2D eigenvalue weighted by molar-refractivity contribution is 0.0882. The Morgan fingerprint density at radius 3 is 2.89 bits per heavy atom. The predicted octanol–water partition coefficient (Wildman–Crippen LogP) is 2.56.